The Kier molecular flexibility index (Phi) is 6.00. The molecular weight excluding hydrogens is 408 g/mol. The number of anilines is 1. The minimum Gasteiger partial charge on any atom is -0.489 e. The maximum atomic E-state index is 12.7. The van der Waals surface area contributed by atoms with Crippen LogP contribution in [0, 0.1) is 6.92 Å². The summed E-state index contributed by atoms with van der Waals surface area (Å²) in [6, 6.07) is 29.7. The number of ether oxygens (including phenoxy) is 1. The highest BCUT2D eigenvalue weighted by Crippen LogP contribution is 2.24. The lowest BCUT2D eigenvalue weighted by atomic mass is 10.0. The van der Waals surface area contributed by atoms with Crippen LogP contribution in [0.1, 0.15) is 11.3 Å². The molecule has 0 saturated heterocycles. The van der Waals surface area contributed by atoms with Crippen LogP contribution in [0.5, 0.6) is 5.75 Å². The molecule has 31 heavy (non-hydrogen) atoms. The summed E-state index contributed by atoms with van der Waals surface area (Å²) in [7, 11) is -3.71. The fourth-order valence-corrected chi connectivity index (χ4v) is 4.15. The van der Waals surface area contributed by atoms with Crippen molar-refractivity contribution in [3.63, 3.8) is 0 Å². The van der Waals surface area contributed by atoms with Gasteiger partial charge in [-0.25, -0.2) is 13.4 Å². The molecule has 1 aromatic heterocycles. The first kappa shape index (κ1) is 20.6. The molecule has 3 aromatic carbocycles. The first-order valence-corrected chi connectivity index (χ1v) is 11.3. The summed E-state index contributed by atoms with van der Waals surface area (Å²) in [5.41, 5.74) is 3.69. The monoisotopic (exact) mass is 430 g/mol. The van der Waals surface area contributed by atoms with Gasteiger partial charge in [0, 0.05) is 5.69 Å². The highest BCUT2D eigenvalue weighted by atomic mass is 32.2. The molecule has 6 heteroatoms. The van der Waals surface area contributed by atoms with E-state index in [9.17, 15) is 8.42 Å². The van der Waals surface area contributed by atoms with E-state index in [1.54, 1.807) is 36.4 Å². The maximum Gasteiger partial charge on any atom is 0.263 e. The molecule has 0 aliphatic heterocycles. The number of hydrogen-bond acceptors (Lipinski definition) is 4. The zero-order chi connectivity index (χ0) is 21.7. The average Bonchev–Trinajstić information content (AvgIpc) is 2.78. The Labute approximate surface area is 182 Å². The molecule has 0 fully saturated rings. The van der Waals surface area contributed by atoms with Gasteiger partial charge in [0.2, 0.25) is 0 Å². The average molecular weight is 431 g/mol. The Morgan fingerprint density at radius 3 is 2.29 bits per heavy atom. The van der Waals surface area contributed by atoms with E-state index in [1.807, 2.05) is 67.6 Å². The van der Waals surface area contributed by atoms with E-state index in [4.69, 9.17) is 4.74 Å². The number of nitrogens with one attached hydrogen (secondary N) is 1. The second kappa shape index (κ2) is 9.02. The second-order valence-corrected chi connectivity index (χ2v) is 8.78. The first-order valence-electron chi connectivity index (χ1n) is 9.83. The molecule has 0 atom stereocenters. The van der Waals surface area contributed by atoms with Gasteiger partial charge in [0.1, 0.15) is 18.2 Å². The molecule has 0 unspecified atom stereocenters. The van der Waals surface area contributed by atoms with Crippen LogP contribution < -0.4 is 9.46 Å². The summed E-state index contributed by atoms with van der Waals surface area (Å²) in [6.45, 7) is 2.27. The molecule has 1 N–H and O–H groups in total. The van der Waals surface area contributed by atoms with Crippen LogP contribution in [0.3, 0.4) is 0 Å². The molecule has 0 radical (unpaired) electrons. The van der Waals surface area contributed by atoms with Crippen molar-refractivity contribution in [1.82, 2.24) is 4.98 Å². The zero-order valence-corrected chi connectivity index (χ0v) is 17.8. The van der Waals surface area contributed by atoms with Crippen LogP contribution in [-0.4, -0.2) is 13.4 Å². The third-order valence-corrected chi connectivity index (χ3v) is 6.07. The van der Waals surface area contributed by atoms with Gasteiger partial charge in [0.05, 0.1) is 4.90 Å². The first-order chi connectivity index (χ1) is 15.0. The normalized spacial score (nSPS) is 11.1. The number of benzene rings is 3. The molecule has 0 spiro atoms. The number of sulfonamides is 1. The summed E-state index contributed by atoms with van der Waals surface area (Å²) in [5, 5.41) is 0. The Morgan fingerprint density at radius 2 is 1.55 bits per heavy atom. The van der Waals surface area contributed by atoms with Gasteiger partial charge in [-0.2, -0.15) is 0 Å². The van der Waals surface area contributed by atoms with Crippen LogP contribution in [0.15, 0.2) is 102 Å². The molecule has 0 amide bonds. The van der Waals surface area contributed by atoms with Crippen LogP contribution in [0.2, 0.25) is 0 Å². The van der Waals surface area contributed by atoms with E-state index in [2.05, 4.69) is 9.71 Å². The van der Waals surface area contributed by atoms with Crippen molar-refractivity contribution in [3.8, 4) is 16.9 Å². The quantitative estimate of drug-likeness (QED) is 0.424. The predicted octanol–water partition coefficient (Wildman–Crippen LogP) is 5.44. The summed E-state index contributed by atoms with van der Waals surface area (Å²) < 4.78 is 33.7. The van der Waals surface area contributed by atoms with E-state index >= 15 is 0 Å². The molecule has 0 bridgehead atoms. The van der Waals surface area contributed by atoms with E-state index < -0.39 is 10.0 Å². The minimum atomic E-state index is -3.71. The summed E-state index contributed by atoms with van der Waals surface area (Å²) in [6.07, 6.45) is 0. The van der Waals surface area contributed by atoms with Crippen molar-refractivity contribution < 1.29 is 13.2 Å². The zero-order valence-electron chi connectivity index (χ0n) is 17.0. The van der Waals surface area contributed by atoms with Crippen molar-refractivity contribution in [2.45, 2.75) is 18.4 Å². The smallest absolute Gasteiger partial charge is 0.263 e. The summed E-state index contributed by atoms with van der Waals surface area (Å²) in [4.78, 5) is 4.38. The van der Waals surface area contributed by atoms with Gasteiger partial charge in [0.25, 0.3) is 10.0 Å². The Hall–Kier alpha value is -3.64. The lowest BCUT2D eigenvalue weighted by molar-refractivity contribution is 0.306. The van der Waals surface area contributed by atoms with Gasteiger partial charge >= 0.3 is 0 Å². The number of hydrogen-bond donors (Lipinski definition) is 1. The van der Waals surface area contributed by atoms with E-state index in [-0.39, 0.29) is 4.90 Å². The summed E-state index contributed by atoms with van der Waals surface area (Å²) in [5.74, 6) is 1.12. The van der Waals surface area contributed by atoms with Crippen molar-refractivity contribution in [3.05, 3.63) is 108 Å². The maximum absolute atomic E-state index is 12.7. The third-order valence-electron chi connectivity index (χ3n) is 4.70. The second-order valence-electron chi connectivity index (χ2n) is 7.10. The number of rotatable bonds is 7. The lowest BCUT2D eigenvalue weighted by Crippen LogP contribution is -2.14. The fraction of sp³-hybridized carbons (Fsp3) is 0.0800. The molecule has 156 valence electrons. The highest BCUT2D eigenvalue weighted by molar-refractivity contribution is 7.92. The van der Waals surface area contributed by atoms with Crippen LogP contribution in [0.4, 0.5) is 5.82 Å². The van der Waals surface area contributed by atoms with Gasteiger partial charge in [-0.1, -0.05) is 54.6 Å². The van der Waals surface area contributed by atoms with E-state index in [0.29, 0.717) is 12.4 Å². The van der Waals surface area contributed by atoms with Crippen molar-refractivity contribution in [2.24, 2.45) is 0 Å². The summed E-state index contributed by atoms with van der Waals surface area (Å²) >= 11 is 0. The van der Waals surface area contributed by atoms with Crippen LogP contribution in [-0.2, 0) is 16.6 Å². The third kappa shape index (κ3) is 5.29. The van der Waals surface area contributed by atoms with E-state index in [1.165, 1.54) is 0 Å². The molecule has 0 aliphatic rings. The van der Waals surface area contributed by atoms with Crippen LogP contribution >= 0.6 is 0 Å². The van der Waals surface area contributed by atoms with Crippen molar-refractivity contribution in [1.29, 1.82) is 0 Å². The molecular formula is C25H22N2O3S. The molecule has 0 aliphatic carbocycles. The minimum absolute atomic E-state index is 0.183. The molecule has 5 nitrogen and oxygen atoms in total. The molecule has 4 aromatic rings. The largest absolute Gasteiger partial charge is 0.489 e. The van der Waals surface area contributed by atoms with Crippen molar-refractivity contribution >= 4 is 15.8 Å². The standard InChI is InChI=1S/C25H22N2O3S/c1-19-7-5-12-25(26-19)27-31(28,29)24-15-13-21(14-16-24)22-9-6-8-20(17-22)18-30-23-10-3-2-4-11-23/h2-17H,18H2,1H3,(H,26,27). The van der Waals surface area contributed by atoms with E-state index in [0.717, 1.165) is 28.1 Å². The van der Waals surface area contributed by atoms with Crippen LogP contribution in [0.25, 0.3) is 11.1 Å². The number of nitrogens with zero attached hydrogens (tertiary/aromatic N) is 1. The Balaban J connectivity index is 1.49. The molecule has 1 heterocycles. The topological polar surface area (TPSA) is 68.3 Å². The van der Waals surface area contributed by atoms with Gasteiger partial charge in [-0.15, -0.1) is 0 Å². The number of aryl methyl sites for hydroxylation is 1. The van der Waals surface area contributed by atoms with Gasteiger partial charge in [-0.3, -0.25) is 4.72 Å². The number of pyridine rings is 1. The number of aromatic nitrogens is 1. The Morgan fingerprint density at radius 1 is 0.806 bits per heavy atom. The number of para-hydroxylation sites is 1. The predicted molar refractivity (Wildman–Crippen MR) is 122 cm³/mol. The van der Waals surface area contributed by atoms with Gasteiger partial charge in [0.15, 0.2) is 0 Å². The van der Waals surface area contributed by atoms with Gasteiger partial charge in [-0.05, 0) is 66.1 Å². The highest BCUT2D eigenvalue weighted by Gasteiger charge is 2.15. The SMILES string of the molecule is Cc1cccc(NS(=O)(=O)c2ccc(-c3cccc(COc4ccccc4)c3)cc2)n1. The molecule has 0 saturated carbocycles. The molecule has 4 rings (SSSR count). The fourth-order valence-electron chi connectivity index (χ4n) is 3.15. The van der Waals surface area contributed by atoms with Gasteiger partial charge < -0.3 is 4.74 Å². The van der Waals surface area contributed by atoms with Crippen molar-refractivity contribution in [2.75, 3.05) is 4.72 Å². The Bertz CT molecular complexity index is 1270. The lowest BCUT2D eigenvalue weighted by Gasteiger charge is -2.10.